The van der Waals surface area contributed by atoms with Gasteiger partial charge in [-0.1, -0.05) is 0 Å². The number of rotatable bonds is 2. The van der Waals surface area contributed by atoms with Gasteiger partial charge in [0.2, 0.25) is 5.91 Å². The first-order chi connectivity index (χ1) is 8.59. The molecular weight excluding hydrogens is 264 g/mol. The van der Waals surface area contributed by atoms with Gasteiger partial charge in [-0.15, -0.1) is 11.6 Å². The van der Waals surface area contributed by atoms with Crippen molar-refractivity contribution in [3.63, 3.8) is 0 Å². The zero-order valence-electron chi connectivity index (χ0n) is 9.54. The predicted molar refractivity (Wildman–Crippen MR) is 62.4 cm³/mol. The first-order valence-electron chi connectivity index (χ1n) is 5.55. The Kier molecular flexibility index (Phi) is 4.14. The molecule has 1 fully saturated rings. The number of carbonyl (C=O) groups is 1. The summed E-state index contributed by atoms with van der Waals surface area (Å²) >= 11 is 5.93. The Balaban J connectivity index is 2.16. The van der Waals surface area contributed by atoms with E-state index in [9.17, 15) is 13.6 Å². The summed E-state index contributed by atoms with van der Waals surface area (Å²) in [6, 6.07) is 2.90. The fraction of sp³-hybridized carbons (Fsp3) is 0.417. The standard InChI is InChI=1S/C12H12ClF2NO2/c13-11(9-7-8(14)1-2-10(9)15)12(17)16-3-5-18-6-4-16/h1-2,7,11H,3-6H2. The number of nitrogens with zero attached hydrogens (tertiary/aromatic N) is 1. The highest BCUT2D eigenvalue weighted by atomic mass is 35.5. The monoisotopic (exact) mass is 275 g/mol. The lowest BCUT2D eigenvalue weighted by molar-refractivity contribution is -0.135. The van der Waals surface area contributed by atoms with Crippen molar-refractivity contribution in [2.45, 2.75) is 5.38 Å². The molecular formula is C12H12ClF2NO2. The summed E-state index contributed by atoms with van der Waals surface area (Å²) in [5.74, 6) is -1.73. The third-order valence-corrected chi connectivity index (χ3v) is 3.19. The minimum Gasteiger partial charge on any atom is -0.378 e. The molecule has 1 saturated heterocycles. The van der Waals surface area contributed by atoms with Crippen LogP contribution in [0.25, 0.3) is 0 Å². The molecule has 0 radical (unpaired) electrons. The van der Waals surface area contributed by atoms with Gasteiger partial charge >= 0.3 is 0 Å². The van der Waals surface area contributed by atoms with E-state index in [1.165, 1.54) is 4.90 Å². The SMILES string of the molecule is O=C(C(Cl)c1cc(F)ccc1F)N1CCOCC1. The molecule has 1 heterocycles. The molecule has 3 nitrogen and oxygen atoms in total. The molecule has 1 amide bonds. The van der Waals surface area contributed by atoms with Gasteiger partial charge in [0.15, 0.2) is 0 Å². The van der Waals surface area contributed by atoms with E-state index < -0.39 is 22.9 Å². The molecule has 1 atom stereocenters. The highest BCUT2D eigenvalue weighted by Crippen LogP contribution is 2.26. The van der Waals surface area contributed by atoms with E-state index in [1.807, 2.05) is 0 Å². The third kappa shape index (κ3) is 2.79. The summed E-state index contributed by atoms with van der Waals surface area (Å²) in [6.07, 6.45) is 0. The molecule has 6 heteroatoms. The lowest BCUT2D eigenvalue weighted by atomic mass is 10.1. The van der Waals surface area contributed by atoms with Crippen LogP contribution in [-0.2, 0) is 9.53 Å². The van der Waals surface area contributed by atoms with Gasteiger partial charge in [0, 0.05) is 18.7 Å². The van der Waals surface area contributed by atoms with Crippen molar-refractivity contribution in [2.75, 3.05) is 26.3 Å². The van der Waals surface area contributed by atoms with E-state index >= 15 is 0 Å². The molecule has 0 spiro atoms. The number of amides is 1. The molecule has 0 aliphatic carbocycles. The second-order valence-electron chi connectivity index (χ2n) is 3.97. The first-order valence-corrected chi connectivity index (χ1v) is 5.99. The molecule has 0 saturated carbocycles. The number of morpholine rings is 1. The van der Waals surface area contributed by atoms with Crippen molar-refractivity contribution in [1.29, 1.82) is 0 Å². The number of alkyl halides is 1. The maximum atomic E-state index is 13.5. The van der Waals surface area contributed by atoms with Crippen molar-refractivity contribution in [3.05, 3.63) is 35.4 Å². The van der Waals surface area contributed by atoms with Crippen molar-refractivity contribution in [3.8, 4) is 0 Å². The van der Waals surface area contributed by atoms with E-state index in [2.05, 4.69) is 0 Å². The van der Waals surface area contributed by atoms with Crippen LogP contribution in [0.1, 0.15) is 10.9 Å². The lowest BCUT2D eigenvalue weighted by Gasteiger charge is -2.28. The van der Waals surface area contributed by atoms with Gasteiger partial charge in [-0.25, -0.2) is 8.78 Å². The summed E-state index contributed by atoms with van der Waals surface area (Å²) in [4.78, 5) is 13.5. The summed E-state index contributed by atoms with van der Waals surface area (Å²) < 4.78 is 31.7. The maximum Gasteiger partial charge on any atom is 0.245 e. The average molecular weight is 276 g/mol. The Morgan fingerprint density at radius 3 is 2.67 bits per heavy atom. The highest BCUT2D eigenvalue weighted by molar-refractivity contribution is 6.30. The number of carbonyl (C=O) groups excluding carboxylic acids is 1. The first kappa shape index (κ1) is 13.2. The number of benzene rings is 1. The molecule has 0 aromatic heterocycles. The molecule has 18 heavy (non-hydrogen) atoms. The number of hydrogen-bond donors (Lipinski definition) is 0. The Bertz CT molecular complexity index is 450. The van der Waals surface area contributed by atoms with Crippen molar-refractivity contribution in [2.24, 2.45) is 0 Å². The number of halogens is 3. The van der Waals surface area contributed by atoms with Gasteiger partial charge < -0.3 is 9.64 Å². The van der Waals surface area contributed by atoms with Gasteiger partial charge in [-0.2, -0.15) is 0 Å². The van der Waals surface area contributed by atoms with Gasteiger partial charge in [0.05, 0.1) is 13.2 Å². The smallest absolute Gasteiger partial charge is 0.245 e. The fourth-order valence-corrected chi connectivity index (χ4v) is 2.09. The minimum atomic E-state index is -1.21. The van der Waals surface area contributed by atoms with Crippen LogP contribution in [0.3, 0.4) is 0 Å². The lowest BCUT2D eigenvalue weighted by Crippen LogP contribution is -2.42. The maximum absolute atomic E-state index is 13.5. The Labute approximate surface area is 108 Å². The number of hydrogen-bond acceptors (Lipinski definition) is 2. The summed E-state index contributed by atoms with van der Waals surface area (Å²) in [5, 5.41) is -1.21. The largest absolute Gasteiger partial charge is 0.378 e. The molecule has 1 aromatic carbocycles. The van der Waals surface area contributed by atoms with Gasteiger partial charge in [-0.05, 0) is 18.2 Å². The van der Waals surface area contributed by atoms with Crippen LogP contribution < -0.4 is 0 Å². The summed E-state index contributed by atoms with van der Waals surface area (Å²) in [6.45, 7) is 1.69. The second kappa shape index (κ2) is 5.63. The van der Waals surface area contributed by atoms with Crippen molar-refractivity contribution in [1.82, 2.24) is 4.90 Å². The predicted octanol–water partition coefficient (Wildman–Crippen LogP) is 2.10. The van der Waals surface area contributed by atoms with Gasteiger partial charge in [0.25, 0.3) is 0 Å². The molecule has 0 bridgehead atoms. The molecule has 2 rings (SSSR count). The van der Waals surface area contributed by atoms with Crippen molar-refractivity contribution >= 4 is 17.5 Å². The topological polar surface area (TPSA) is 29.5 Å². The van der Waals surface area contributed by atoms with Crippen LogP contribution >= 0.6 is 11.6 Å². The summed E-state index contributed by atoms with van der Waals surface area (Å²) in [7, 11) is 0. The number of ether oxygens (including phenoxy) is 1. The molecule has 1 aliphatic rings. The summed E-state index contributed by atoms with van der Waals surface area (Å²) in [5.41, 5.74) is -0.131. The van der Waals surface area contributed by atoms with Crippen LogP contribution in [0.5, 0.6) is 0 Å². The minimum absolute atomic E-state index is 0.131. The quantitative estimate of drug-likeness (QED) is 0.774. The van der Waals surface area contributed by atoms with Crippen LogP contribution in [0.15, 0.2) is 18.2 Å². The second-order valence-corrected chi connectivity index (χ2v) is 4.40. The van der Waals surface area contributed by atoms with E-state index in [-0.39, 0.29) is 5.56 Å². The van der Waals surface area contributed by atoms with E-state index in [4.69, 9.17) is 16.3 Å². The van der Waals surface area contributed by atoms with E-state index in [0.717, 1.165) is 18.2 Å². The molecule has 1 unspecified atom stereocenters. The van der Waals surface area contributed by atoms with Crippen molar-refractivity contribution < 1.29 is 18.3 Å². The highest BCUT2D eigenvalue weighted by Gasteiger charge is 2.27. The molecule has 0 N–H and O–H groups in total. The Hall–Kier alpha value is -1.20. The Morgan fingerprint density at radius 1 is 1.33 bits per heavy atom. The van der Waals surface area contributed by atoms with E-state index in [1.54, 1.807) is 0 Å². The van der Waals surface area contributed by atoms with E-state index in [0.29, 0.717) is 26.3 Å². The zero-order chi connectivity index (χ0) is 13.1. The van der Waals surface area contributed by atoms with Crippen LogP contribution in [0.4, 0.5) is 8.78 Å². The average Bonchev–Trinajstić information content (AvgIpc) is 2.41. The zero-order valence-corrected chi connectivity index (χ0v) is 10.3. The molecule has 1 aliphatic heterocycles. The molecule has 1 aromatic rings. The Morgan fingerprint density at radius 2 is 2.00 bits per heavy atom. The van der Waals surface area contributed by atoms with Crippen LogP contribution in [0.2, 0.25) is 0 Å². The fourth-order valence-electron chi connectivity index (χ4n) is 1.79. The molecule has 98 valence electrons. The van der Waals surface area contributed by atoms with Crippen LogP contribution in [-0.4, -0.2) is 37.1 Å². The van der Waals surface area contributed by atoms with Crippen LogP contribution in [0, 0.1) is 11.6 Å². The van der Waals surface area contributed by atoms with Gasteiger partial charge in [-0.3, -0.25) is 4.79 Å². The third-order valence-electron chi connectivity index (χ3n) is 2.77. The van der Waals surface area contributed by atoms with Gasteiger partial charge in [0.1, 0.15) is 17.0 Å². The normalized spacial score (nSPS) is 17.6.